The van der Waals surface area contributed by atoms with Crippen LogP contribution < -0.4 is 5.32 Å². The predicted molar refractivity (Wildman–Crippen MR) is 84.3 cm³/mol. The second-order valence-electron chi connectivity index (χ2n) is 5.03. The van der Waals surface area contributed by atoms with E-state index in [9.17, 15) is 4.79 Å². The number of carbonyl (C=O) groups is 1. The summed E-state index contributed by atoms with van der Waals surface area (Å²) in [6.45, 7) is 2.37. The van der Waals surface area contributed by atoms with Crippen LogP contribution in [0, 0.1) is 6.92 Å². The maximum absolute atomic E-state index is 12.1. The summed E-state index contributed by atoms with van der Waals surface area (Å²) < 4.78 is 5.57. The van der Waals surface area contributed by atoms with Crippen LogP contribution in [-0.2, 0) is 6.54 Å². The van der Waals surface area contributed by atoms with E-state index in [0.29, 0.717) is 12.1 Å². The average molecular weight is 292 g/mol. The molecule has 1 aromatic carbocycles. The van der Waals surface area contributed by atoms with Gasteiger partial charge in [0.2, 0.25) is 0 Å². The third kappa shape index (κ3) is 3.23. The van der Waals surface area contributed by atoms with E-state index in [2.05, 4.69) is 10.3 Å². The molecule has 1 amide bonds. The Bertz CT molecular complexity index is 761. The zero-order valence-corrected chi connectivity index (χ0v) is 12.2. The first kappa shape index (κ1) is 14.1. The zero-order chi connectivity index (χ0) is 15.4. The minimum Gasteiger partial charge on any atom is -0.461 e. The molecule has 0 aliphatic carbocycles. The zero-order valence-electron chi connectivity index (χ0n) is 12.2. The summed E-state index contributed by atoms with van der Waals surface area (Å²) >= 11 is 0. The van der Waals surface area contributed by atoms with Gasteiger partial charge in [0.05, 0.1) is 0 Å². The molecule has 22 heavy (non-hydrogen) atoms. The van der Waals surface area contributed by atoms with Gasteiger partial charge in [0, 0.05) is 30.1 Å². The molecule has 0 radical (unpaired) electrons. The van der Waals surface area contributed by atoms with Crippen molar-refractivity contribution in [3.63, 3.8) is 0 Å². The van der Waals surface area contributed by atoms with Crippen molar-refractivity contribution in [2.45, 2.75) is 13.5 Å². The maximum atomic E-state index is 12.1. The van der Waals surface area contributed by atoms with Crippen LogP contribution in [-0.4, -0.2) is 10.9 Å². The van der Waals surface area contributed by atoms with Crippen LogP contribution >= 0.6 is 0 Å². The Morgan fingerprint density at radius 2 is 1.95 bits per heavy atom. The number of hydrogen-bond donors (Lipinski definition) is 1. The minimum absolute atomic E-state index is 0.106. The van der Waals surface area contributed by atoms with Crippen molar-refractivity contribution in [1.82, 2.24) is 10.3 Å². The first-order valence-electron chi connectivity index (χ1n) is 7.06. The van der Waals surface area contributed by atoms with Crippen LogP contribution in [0.4, 0.5) is 0 Å². The molecule has 0 aliphatic heterocycles. The van der Waals surface area contributed by atoms with Gasteiger partial charge in [0.15, 0.2) is 0 Å². The van der Waals surface area contributed by atoms with E-state index in [1.807, 2.05) is 43.3 Å². The predicted octanol–water partition coefficient (Wildman–Crippen LogP) is 3.58. The highest BCUT2D eigenvalue weighted by molar-refractivity contribution is 5.94. The first-order chi connectivity index (χ1) is 10.7. The van der Waals surface area contributed by atoms with Gasteiger partial charge >= 0.3 is 0 Å². The van der Waals surface area contributed by atoms with Crippen molar-refractivity contribution in [1.29, 1.82) is 0 Å². The largest absolute Gasteiger partial charge is 0.461 e. The molecule has 2 aromatic heterocycles. The van der Waals surface area contributed by atoms with E-state index in [-0.39, 0.29) is 5.91 Å². The highest BCUT2D eigenvalue weighted by atomic mass is 16.3. The van der Waals surface area contributed by atoms with Gasteiger partial charge in [-0.05, 0) is 42.8 Å². The van der Waals surface area contributed by atoms with Crippen LogP contribution in [0.3, 0.4) is 0 Å². The Hall–Kier alpha value is -2.88. The lowest BCUT2D eigenvalue weighted by atomic mass is 10.1. The smallest absolute Gasteiger partial charge is 0.251 e. The maximum Gasteiger partial charge on any atom is 0.251 e. The number of nitrogens with one attached hydrogen (secondary N) is 1. The molecule has 3 rings (SSSR count). The lowest BCUT2D eigenvalue weighted by molar-refractivity contribution is 0.0951. The highest BCUT2D eigenvalue weighted by Gasteiger charge is 2.07. The standard InChI is InChI=1S/C18H16N2O2/c1-13-4-9-17(22-13)15-5-7-16(8-6-15)18(21)20-12-14-3-2-10-19-11-14/h2-11H,12H2,1H3,(H,20,21). The van der Waals surface area contributed by atoms with Gasteiger partial charge in [-0.25, -0.2) is 0 Å². The first-order valence-corrected chi connectivity index (χ1v) is 7.06. The van der Waals surface area contributed by atoms with Crippen molar-refractivity contribution in [2.75, 3.05) is 0 Å². The summed E-state index contributed by atoms with van der Waals surface area (Å²) in [6, 6.07) is 15.0. The SMILES string of the molecule is Cc1ccc(-c2ccc(C(=O)NCc3cccnc3)cc2)o1. The summed E-state index contributed by atoms with van der Waals surface area (Å²) in [5.74, 6) is 1.57. The van der Waals surface area contributed by atoms with Crippen molar-refractivity contribution < 1.29 is 9.21 Å². The Morgan fingerprint density at radius 1 is 1.14 bits per heavy atom. The molecule has 4 heteroatoms. The highest BCUT2D eigenvalue weighted by Crippen LogP contribution is 2.22. The van der Waals surface area contributed by atoms with E-state index in [0.717, 1.165) is 22.6 Å². The van der Waals surface area contributed by atoms with Crippen molar-refractivity contribution >= 4 is 5.91 Å². The summed E-state index contributed by atoms with van der Waals surface area (Å²) in [6.07, 6.45) is 3.45. The molecule has 0 aliphatic rings. The third-order valence-corrected chi connectivity index (χ3v) is 3.35. The number of pyridine rings is 1. The second-order valence-corrected chi connectivity index (χ2v) is 5.03. The normalized spacial score (nSPS) is 10.4. The number of hydrogen-bond acceptors (Lipinski definition) is 3. The van der Waals surface area contributed by atoms with E-state index in [1.165, 1.54) is 0 Å². The van der Waals surface area contributed by atoms with Crippen molar-refractivity contribution in [3.8, 4) is 11.3 Å². The van der Waals surface area contributed by atoms with Crippen molar-refractivity contribution in [2.24, 2.45) is 0 Å². The molecule has 0 unspecified atom stereocenters. The topological polar surface area (TPSA) is 55.1 Å². The lowest BCUT2D eigenvalue weighted by Crippen LogP contribution is -2.22. The Kier molecular flexibility index (Phi) is 4.01. The fourth-order valence-corrected chi connectivity index (χ4v) is 2.16. The molecule has 0 spiro atoms. The summed E-state index contributed by atoms with van der Waals surface area (Å²) in [5.41, 5.74) is 2.55. The number of benzene rings is 1. The molecular formula is C18H16N2O2. The number of aromatic nitrogens is 1. The van der Waals surface area contributed by atoms with Crippen LogP contribution in [0.1, 0.15) is 21.7 Å². The molecular weight excluding hydrogens is 276 g/mol. The molecule has 0 bridgehead atoms. The molecule has 0 saturated heterocycles. The second kappa shape index (κ2) is 6.26. The molecule has 110 valence electrons. The minimum atomic E-state index is -0.106. The Morgan fingerprint density at radius 3 is 2.59 bits per heavy atom. The Labute approximate surface area is 128 Å². The number of amides is 1. The monoisotopic (exact) mass is 292 g/mol. The Balaban J connectivity index is 1.66. The average Bonchev–Trinajstić information content (AvgIpc) is 3.00. The van der Waals surface area contributed by atoms with Gasteiger partial charge < -0.3 is 9.73 Å². The summed E-state index contributed by atoms with van der Waals surface area (Å²) in [7, 11) is 0. The van der Waals surface area contributed by atoms with Gasteiger partial charge in [0.25, 0.3) is 5.91 Å². The number of aryl methyl sites for hydroxylation is 1. The van der Waals surface area contributed by atoms with Gasteiger partial charge in [-0.2, -0.15) is 0 Å². The van der Waals surface area contributed by atoms with Gasteiger partial charge in [-0.1, -0.05) is 18.2 Å². The van der Waals surface area contributed by atoms with Crippen LogP contribution in [0.2, 0.25) is 0 Å². The van der Waals surface area contributed by atoms with E-state index < -0.39 is 0 Å². The lowest BCUT2D eigenvalue weighted by Gasteiger charge is -2.05. The molecule has 0 saturated carbocycles. The van der Waals surface area contributed by atoms with Crippen molar-refractivity contribution in [3.05, 3.63) is 77.8 Å². The van der Waals surface area contributed by atoms with E-state index in [4.69, 9.17) is 4.42 Å². The van der Waals surface area contributed by atoms with Gasteiger partial charge in [-0.15, -0.1) is 0 Å². The number of carbonyl (C=O) groups excluding carboxylic acids is 1. The number of furan rings is 1. The quantitative estimate of drug-likeness (QED) is 0.799. The van der Waals surface area contributed by atoms with Crippen LogP contribution in [0.25, 0.3) is 11.3 Å². The molecule has 2 heterocycles. The van der Waals surface area contributed by atoms with Crippen LogP contribution in [0.15, 0.2) is 65.3 Å². The number of nitrogens with zero attached hydrogens (tertiary/aromatic N) is 1. The molecule has 0 atom stereocenters. The third-order valence-electron chi connectivity index (χ3n) is 3.35. The van der Waals surface area contributed by atoms with Gasteiger partial charge in [0.1, 0.15) is 11.5 Å². The van der Waals surface area contributed by atoms with E-state index >= 15 is 0 Å². The van der Waals surface area contributed by atoms with Crippen LogP contribution in [0.5, 0.6) is 0 Å². The van der Waals surface area contributed by atoms with E-state index in [1.54, 1.807) is 24.5 Å². The molecule has 1 N–H and O–H groups in total. The number of rotatable bonds is 4. The fraction of sp³-hybridized carbons (Fsp3) is 0.111. The molecule has 4 nitrogen and oxygen atoms in total. The fourth-order valence-electron chi connectivity index (χ4n) is 2.16. The molecule has 3 aromatic rings. The van der Waals surface area contributed by atoms with Gasteiger partial charge in [-0.3, -0.25) is 9.78 Å². The summed E-state index contributed by atoms with van der Waals surface area (Å²) in [5, 5.41) is 2.88. The summed E-state index contributed by atoms with van der Waals surface area (Å²) in [4.78, 5) is 16.1. The molecule has 0 fully saturated rings.